The van der Waals surface area contributed by atoms with Crippen LogP contribution in [0.25, 0.3) is 0 Å². The summed E-state index contributed by atoms with van der Waals surface area (Å²) >= 11 is 1.53. The summed E-state index contributed by atoms with van der Waals surface area (Å²) in [4.78, 5) is 9.18. The molecule has 4 nitrogen and oxygen atoms in total. The highest BCUT2D eigenvalue weighted by atomic mass is 32.2. The van der Waals surface area contributed by atoms with Gasteiger partial charge in [-0.25, -0.2) is 0 Å². The molecular weight excluding hydrogens is 351 g/mol. The summed E-state index contributed by atoms with van der Waals surface area (Å²) < 4.78 is 38.1. The summed E-state index contributed by atoms with van der Waals surface area (Å²) in [6.07, 6.45) is 1.81. The lowest BCUT2D eigenvalue weighted by molar-refractivity contribution is -0.0886. The Morgan fingerprint density at radius 3 is 2.40 bits per heavy atom. The average molecular weight is 377 g/mol. The predicted octanol–water partition coefficient (Wildman–Crippen LogP) is 2.91. The number of aliphatic hydroxyl groups is 1. The maximum Gasteiger partial charge on any atom is 0.416 e. The van der Waals surface area contributed by atoms with Crippen molar-refractivity contribution in [3.8, 4) is 0 Å². The van der Waals surface area contributed by atoms with E-state index in [0.717, 1.165) is 24.3 Å². The highest BCUT2D eigenvalue weighted by molar-refractivity contribution is 8.13. The van der Waals surface area contributed by atoms with Gasteiger partial charge in [0.1, 0.15) is 0 Å². The fourth-order valence-electron chi connectivity index (χ4n) is 3.41. The smallest absolute Gasteiger partial charge is 0.395 e. The van der Waals surface area contributed by atoms with Gasteiger partial charge < -0.3 is 10.0 Å². The Balaban J connectivity index is 2.08. The molecule has 0 bridgehead atoms. The van der Waals surface area contributed by atoms with Crippen molar-refractivity contribution in [1.82, 2.24) is 9.80 Å². The van der Waals surface area contributed by atoms with Crippen LogP contribution in [0.4, 0.5) is 13.2 Å². The SMILES string of the molecule is CSC(=NC1C=CC(C(F)(F)F)=CC1)N1[C@H](C)CN(CCO)C[C@@H]1C. The molecule has 142 valence electrons. The third kappa shape index (κ3) is 5.24. The summed E-state index contributed by atoms with van der Waals surface area (Å²) in [6.45, 7) is 6.70. The molecule has 3 atom stereocenters. The molecule has 0 aromatic heterocycles. The van der Waals surface area contributed by atoms with E-state index in [0.29, 0.717) is 6.54 Å². The Kier molecular flexibility index (Phi) is 6.99. The number of nitrogens with zero attached hydrogens (tertiary/aromatic N) is 3. The Bertz CT molecular complexity index is 536. The minimum atomic E-state index is -4.29. The van der Waals surface area contributed by atoms with Crippen LogP contribution < -0.4 is 0 Å². The summed E-state index contributed by atoms with van der Waals surface area (Å²) in [5, 5.41) is 9.99. The maximum atomic E-state index is 12.7. The number of alkyl halides is 3. The van der Waals surface area contributed by atoms with Gasteiger partial charge in [-0.3, -0.25) is 9.89 Å². The van der Waals surface area contributed by atoms with E-state index in [-0.39, 0.29) is 31.2 Å². The molecule has 2 aliphatic rings. The summed E-state index contributed by atoms with van der Waals surface area (Å²) in [7, 11) is 0. The van der Waals surface area contributed by atoms with Crippen molar-refractivity contribution in [2.45, 2.75) is 44.6 Å². The zero-order valence-electron chi connectivity index (χ0n) is 14.8. The number of aliphatic imine (C=N–C) groups is 1. The van der Waals surface area contributed by atoms with Crippen LogP contribution in [0.1, 0.15) is 20.3 Å². The van der Waals surface area contributed by atoms with E-state index in [9.17, 15) is 13.2 Å². The molecule has 8 heteroatoms. The zero-order valence-corrected chi connectivity index (χ0v) is 15.6. The quantitative estimate of drug-likeness (QED) is 0.606. The van der Waals surface area contributed by atoms with Gasteiger partial charge in [0.2, 0.25) is 0 Å². The minimum absolute atomic E-state index is 0.143. The highest BCUT2D eigenvalue weighted by Crippen LogP contribution is 2.30. The third-order valence-corrected chi connectivity index (χ3v) is 5.18. The van der Waals surface area contributed by atoms with Crippen LogP contribution in [0, 0.1) is 0 Å². The lowest BCUT2D eigenvalue weighted by atomic mass is 10.0. The Hall–Kier alpha value is -0.990. The van der Waals surface area contributed by atoms with Crippen LogP contribution in [-0.4, -0.2) is 76.9 Å². The molecule has 1 aliphatic carbocycles. The number of hydrogen-bond donors (Lipinski definition) is 1. The van der Waals surface area contributed by atoms with Crippen molar-refractivity contribution >= 4 is 16.9 Å². The number of β-amino-alcohol motifs (C(OH)–C–C–N with tert-alkyl or cyclic N) is 1. The van der Waals surface area contributed by atoms with Gasteiger partial charge in [-0.05, 0) is 26.5 Å². The van der Waals surface area contributed by atoms with Crippen LogP contribution in [0.2, 0.25) is 0 Å². The van der Waals surface area contributed by atoms with Gasteiger partial charge in [-0.2, -0.15) is 13.2 Å². The molecule has 0 radical (unpaired) electrons. The number of hydrogen-bond acceptors (Lipinski definition) is 4. The van der Waals surface area contributed by atoms with Crippen LogP contribution >= 0.6 is 11.8 Å². The fourth-order valence-corrected chi connectivity index (χ4v) is 4.23. The number of halogens is 3. The molecule has 0 aromatic carbocycles. The van der Waals surface area contributed by atoms with Crippen LogP contribution in [0.15, 0.2) is 28.8 Å². The molecular formula is C17H26F3N3OS. The Labute approximate surface area is 151 Å². The van der Waals surface area contributed by atoms with Crippen molar-refractivity contribution in [2.24, 2.45) is 4.99 Å². The molecule has 1 N–H and O–H groups in total. The van der Waals surface area contributed by atoms with Gasteiger partial charge in [-0.1, -0.05) is 30.0 Å². The van der Waals surface area contributed by atoms with Gasteiger partial charge in [0.25, 0.3) is 0 Å². The summed E-state index contributed by atoms with van der Waals surface area (Å²) in [6, 6.07) is 0.203. The topological polar surface area (TPSA) is 39.1 Å². The van der Waals surface area contributed by atoms with Crippen LogP contribution in [0.5, 0.6) is 0 Å². The number of piperazine rings is 1. The van der Waals surface area contributed by atoms with Gasteiger partial charge in [0.15, 0.2) is 5.17 Å². The zero-order chi connectivity index (χ0) is 18.6. The van der Waals surface area contributed by atoms with E-state index in [1.807, 2.05) is 6.26 Å². The molecule has 1 heterocycles. The van der Waals surface area contributed by atoms with Gasteiger partial charge in [0, 0.05) is 31.7 Å². The number of rotatable bonds is 3. The molecule has 0 spiro atoms. The molecule has 2 rings (SSSR count). The van der Waals surface area contributed by atoms with E-state index in [2.05, 4.69) is 23.6 Å². The molecule has 0 saturated carbocycles. The summed E-state index contributed by atoms with van der Waals surface area (Å²) in [5.41, 5.74) is -0.594. The minimum Gasteiger partial charge on any atom is -0.395 e. The van der Waals surface area contributed by atoms with Crippen molar-refractivity contribution < 1.29 is 18.3 Å². The van der Waals surface area contributed by atoms with Crippen LogP contribution in [-0.2, 0) is 0 Å². The van der Waals surface area contributed by atoms with E-state index < -0.39 is 11.7 Å². The normalized spacial score (nSPS) is 29.1. The lowest BCUT2D eigenvalue weighted by Gasteiger charge is -2.45. The maximum absolute atomic E-state index is 12.7. The van der Waals surface area contributed by atoms with Crippen molar-refractivity contribution in [3.63, 3.8) is 0 Å². The van der Waals surface area contributed by atoms with E-state index in [1.165, 1.54) is 23.9 Å². The standard InChI is InChI=1S/C17H26F3N3OS/c1-12-10-22(8-9-24)11-13(2)23(12)16(25-3)21-15-6-4-14(5-7-15)17(18,19)20/h4-6,12-13,15,24H,7-11H2,1-3H3/t12-,13+,15?. The largest absolute Gasteiger partial charge is 0.416 e. The molecule has 1 fully saturated rings. The molecule has 1 aliphatic heterocycles. The van der Waals surface area contributed by atoms with Gasteiger partial charge in [-0.15, -0.1) is 0 Å². The second-order valence-corrected chi connectivity index (χ2v) is 7.30. The fraction of sp³-hybridized carbons (Fsp3) is 0.706. The Morgan fingerprint density at radius 1 is 1.32 bits per heavy atom. The number of thioether (sulfide) groups is 1. The number of allylic oxidation sites excluding steroid dienone is 2. The van der Waals surface area contributed by atoms with Crippen molar-refractivity contribution in [2.75, 3.05) is 32.5 Å². The first-order valence-corrected chi connectivity index (χ1v) is 9.67. The molecule has 1 unspecified atom stereocenters. The van der Waals surface area contributed by atoms with Gasteiger partial charge in [0.05, 0.1) is 18.2 Å². The Morgan fingerprint density at radius 2 is 1.96 bits per heavy atom. The lowest BCUT2D eigenvalue weighted by Crippen LogP contribution is -2.58. The monoisotopic (exact) mass is 377 g/mol. The molecule has 0 amide bonds. The number of aliphatic hydroxyl groups excluding tert-OH is 1. The van der Waals surface area contributed by atoms with E-state index in [1.54, 1.807) is 0 Å². The van der Waals surface area contributed by atoms with Crippen molar-refractivity contribution in [1.29, 1.82) is 0 Å². The van der Waals surface area contributed by atoms with Crippen LogP contribution in [0.3, 0.4) is 0 Å². The van der Waals surface area contributed by atoms with E-state index in [4.69, 9.17) is 10.1 Å². The second-order valence-electron chi connectivity index (χ2n) is 6.52. The predicted molar refractivity (Wildman–Crippen MR) is 96.9 cm³/mol. The van der Waals surface area contributed by atoms with Crippen molar-refractivity contribution in [3.05, 3.63) is 23.8 Å². The molecule has 0 aromatic rings. The average Bonchev–Trinajstić information content (AvgIpc) is 2.53. The number of amidine groups is 1. The highest BCUT2D eigenvalue weighted by Gasteiger charge is 2.34. The first-order valence-electron chi connectivity index (χ1n) is 8.45. The molecule has 1 saturated heterocycles. The third-order valence-electron chi connectivity index (χ3n) is 4.50. The molecule has 25 heavy (non-hydrogen) atoms. The van der Waals surface area contributed by atoms with E-state index >= 15 is 0 Å². The summed E-state index contributed by atoms with van der Waals surface area (Å²) in [5.74, 6) is 0. The second kappa shape index (κ2) is 8.60. The van der Waals surface area contributed by atoms with Gasteiger partial charge >= 0.3 is 6.18 Å². The first-order chi connectivity index (χ1) is 11.8. The first kappa shape index (κ1) is 20.3.